The summed E-state index contributed by atoms with van der Waals surface area (Å²) in [6.45, 7) is 2.53. The zero-order valence-corrected chi connectivity index (χ0v) is 16.3. The van der Waals surface area contributed by atoms with Gasteiger partial charge in [-0.3, -0.25) is 4.79 Å². The van der Waals surface area contributed by atoms with E-state index in [0.29, 0.717) is 6.61 Å². The van der Waals surface area contributed by atoms with Crippen LogP contribution in [0.15, 0.2) is 48.5 Å². The SMILES string of the molecule is CN(C)c1ccc(C(c2ccc(N(C)C)cc2)C2(C)CCOC2=O)cc1. The van der Waals surface area contributed by atoms with E-state index in [1.165, 1.54) is 0 Å². The third-order valence-corrected chi connectivity index (χ3v) is 5.44. The first kappa shape index (κ1) is 18.3. The van der Waals surface area contributed by atoms with Crippen LogP contribution in [0.3, 0.4) is 0 Å². The first-order valence-electron chi connectivity index (χ1n) is 9.05. The lowest BCUT2D eigenvalue weighted by molar-refractivity contribution is -0.146. The second-order valence-corrected chi connectivity index (χ2v) is 7.71. The van der Waals surface area contributed by atoms with Gasteiger partial charge in [-0.1, -0.05) is 24.3 Å². The fourth-order valence-corrected chi connectivity index (χ4v) is 3.74. The number of nitrogens with zero attached hydrogens (tertiary/aromatic N) is 2. The molecule has 2 aromatic carbocycles. The Hall–Kier alpha value is -2.49. The maximum Gasteiger partial charge on any atom is 0.312 e. The highest BCUT2D eigenvalue weighted by atomic mass is 16.5. The Morgan fingerprint density at radius 2 is 1.27 bits per heavy atom. The van der Waals surface area contributed by atoms with Gasteiger partial charge in [0.05, 0.1) is 12.0 Å². The topological polar surface area (TPSA) is 32.8 Å². The average molecular weight is 352 g/mol. The summed E-state index contributed by atoms with van der Waals surface area (Å²) in [5, 5.41) is 0. The molecule has 4 nitrogen and oxygen atoms in total. The minimum absolute atomic E-state index is 0.0232. The third kappa shape index (κ3) is 3.28. The summed E-state index contributed by atoms with van der Waals surface area (Å²) >= 11 is 0. The summed E-state index contributed by atoms with van der Waals surface area (Å²) < 4.78 is 5.36. The number of rotatable bonds is 5. The molecule has 26 heavy (non-hydrogen) atoms. The maximum atomic E-state index is 12.6. The van der Waals surface area contributed by atoms with Crippen molar-refractivity contribution in [2.24, 2.45) is 5.41 Å². The first-order chi connectivity index (χ1) is 12.3. The largest absolute Gasteiger partial charge is 0.465 e. The van der Waals surface area contributed by atoms with E-state index in [9.17, 15) is 4.79 Å². The summed E-state index contributed by atoms with van der Waals surface area (Å²) in [5.41, 5.74) is 4.05. The maximum absolute atomic E-state index is 12.6. The van der Waals surface area contributed by atoms with Gasteiger partial charge in [-0.05, 0) is 48.7 Å². The van der Waals surface area contributed by atoms with Gasteiger partial charge in [0.15, 0.2) is 0 Å². The van der Waals surface area contributed by atoms with Gasteiger partial charge in [-0.15, -0.1) is 0 Å². The number of carbonyl (C=O) groups is 1. The molecule has 1 fully saturated rings. The van der Waals surface area contributed by atoms with Gasteiger partial charge in [-0.2, -0.15) is 0 Å². The van der Waals surface area contributed by atoms with Crippen LogP contribution < -0.4 is 9.80 Å². The highest BCUT2D eigenvalue weighted by Gasteiger charge is 2.47. The quantitative estimate of drug-likeness (QED) is 0.764. The van der Waals surface area contributed by atoms with E-state index in [1.807, 2.05) is 35.1 Å². The second-order valence-electron chi connectivity index (χ2n) is 7.71. The number of carbonyl (C=O) groups excluding carboxylic acids is 1. The van der Waals surface area contributed by atoms with E-state index in [0.717, 1.165) is 28.9 Å². The molecule has 0 saturated carbocycles. The summed E-state index contributed by atoms with van der Waals surface area (Å²) in [6, 6.07) is 17.0. The minimum atomic E-state index is -0.542. The molecule has 0 aromatic heterocycles. The van der Waals surface area contributed by atoms with Crippen molar-refractivity contribution in [2.75, 3.05) is 44.6 Å². The summed E-state index contributed by atoms with van der Waals surface area (Å²) in [7, 11) is 8.12. The Morgan fingerprint density at radius 1 is 0.846 bits per heavy atom. The molecule has 0 amide bonds. The van der Waals surface area contributed by atoms with Crippen LogP contribution in [0.25, 0.3) is 0 Å². The van der Waals surface area contributed by atoms with Crippen molar-refractivity contribution in [3.63, 3.8) is 0 Å². The minimum Gasteiger partial charge on any atom is -0.465 e. The van der Waals surface area contributed by atoms with Crippen LogP contribution in [0.5, 0.6) is 0 Å². The zero-order valence-electron chi connectivity index (χ0n) is 16.3. The van der Waals surface area contributed by atoms with Crippen molar-refractivity contribution in [1.82, 2.24) is 0 Å². The lowest BCUT2D eigenvalue weighted by Gasteiger charge is -2.32. The van der Waals surface area contributed by atoms with Crippen LogP contribution in [0, 0.1) is 5.41 Å². The van der Waals surface area contributed by atoms with Crippen LogP contribution in [-0.4, -0.2) is 40.8 Å². The number of esters is 1. The van der Waals surface area contributed by atoms with Crippen molar-refractivity contribution in [1.29, 1.82) is 0 Å². The fourth-order valence-electron chi connectivity index (χ4n) is 3.74. The fraction of sp³-hybridized carbons (Fsp3) is 0.409. The molecule has 0 radical (unpaired) electrons. The van der Waals surface area contributed by atoms with Crippen molar-refractivity contribution < 1.29 is 9.53 Å². The number of benzene rings is 2. The smallest absolute Gasteiger partial charge is 0.312 e. The first-order valence-corrected chi connectivity index (χ1v) is 9.05. The Balaban J connectivity index is 2.06. The van der Waals surface area contributed by atoms with Crippen LogP contribution in [0.2, 0.25) is 0 Å². The molecule has 0 N–H and O–H groups in total. The van der Waals surface area contributed by atoms with Crippen molar-refractivity contribution in [2.45, 2.75) is 19.3 Å². The molecule has 1 saturated heterocycles. The molecule has 1 heterocycles. The average Bonchev–Trinajstić information content (AvgIpc) is 2.95. The van der Waals surface area contributed by atoms with Crippen LogP contribution in [0.4, 0.5) is 11.4 Å². The van der Waals surface area contributed by atoms with Crippen LogP contribution in [-0.2, 0) is 9.53 Å². The monoisotopic (exact) mass is 352 g/mol. The molecule has 3 rings (SSSR count). The molecular formula is C22H28N2O2. The van der Waals surface area contributed by atoms with Gasteiger partial charge in [0.1, 0.15) is 0 Å². The van der Waals surface area contributed by atoms with Crippen LogP contribution >= 0.6 is 0 Å². The summed E-state index contributed by atoms with van der Waals surface area (Å²) in [5.74, 6) is -0.124. The van der Waals surface area contributed by atoms with Gasteiger partial charge in [0.2, 0.25) is 0 Å². The molecule has 0 aliphatic carbocycles. The van der Waals surface area contributed by atoms with Gasteiger partial charge in [0.25, 0.3) is 0 Å². The molecule has 1 unspecified atom stereocenters. The number of cyclic esters (lactones) is 1. The van der Waals surface area contributed by atoms with Crippen molar-refractivity contribution >= 4 is 17.3 Å². The highest BCUT2D eigenvalue weighted by molar-refractivity contribution is 5.80. The zero-order chi connectivity index (χ0) is 18.9. The Morgan fingerprint density at radius 3 is 1.58 bits per heavy atom. The van der Waals surface area contributed by atoms with Gasteiger partial charge < -0.3 is 14.5 Å². The lowest BCUT2D eigenvalue weighted by Crippen LogP contribution is -2.31. The van der Waals surface area contributed by atoms with E-state index < -0.39 is 5.41 Å². The second kappa shape index (κ2) is 7.02. The molecule has 0 spiro atoms. The number of ether oxygens (including phenoxy) is 1. The molecule has 0 bridgehead atoms. The number of hydrogen-bond acceptors (Lipinski definition) is 4. The lowest BCUT2D eigenvalue weighted by atomic mass is 9.69. The molecular weight excluding hydrogens is 324 g/mol. The van der Waals surface area contributed by atoms with Gasteiger partial charge in [0, 0.05) is 45.5 Å². The molecule has 1 atom stereocenters. The molecule has 138 valence electrons. The summed E-state index contributed by atoms with van der Waals surface area (Å²) in [4.78, 5) is 16.8. The Bertz CT molecular complexity index is 714. The van der Waals surface area contributed by atoms with Gasteiger partial charge >= 0.3 is 5.97 Å². The Kier molecular flexibility index (Phi) is 4.94. The van der Waals surface area contributed by atoms with Gasteiger partial charge in [-0.25, -0.2) is 0 Å². The van der Waals surface area contributed by atoms with E-state index in [4.69, 9.17) is 4.74 Å². The highest BCUT2D eigenvalue weighted by Crippen LogP contribution is 2.47. The van der Waals surface area contributed by atoms with Crippen LogP contribution in [0.1, 0.15) is 30.4 Å². The molecule has 4 heteroatoms. The van der Waals surface area contributed by atoms with Crippen molar-refractivity contribution in [3.8, 4) is 0 Å². The van der Waals surface area contributed by atoms with E-state index in [-0.39, 0.29) is 11.9 Å². The molecule has 1 aliphatic heterocycles. The number of hydrogen-bond donors (Lipinski definition) is 0. The number of anilines is 2. The standard InChI is InChI=1S/C22H28N2O2/c1-22(14-15-26-21(22)25)20(16-6-10-18(11-7-16)23(2)3)17-8-12-19(13-9-17)24(4)5/h6-13,20H,14-15H2,1-5H3. The molecule has 2 aromatic rings. The van der Waals surface area contributed by atoms with E-state index in [1.54, 1.807) is 0 Å². The normalized spacial score (nSPS) is 19.5. The summed E-state index contributed by atoms with van der Waals surface area (Å²) in [6.07, 6.45) is 0.737. The Labute approximate surface area is 156 Å². The molecule has 1 aliphatic rings. The third-order valence-electron chi connectivity index (χ3n) is 5.44. The van der Waals surface area contributed by atoms with E-state index >= 15 is 0 Å². The van der Waals surface area contributed by atoms with E-state index in [2.05, 4.69) is 58.3 Å². The van der Waals surface area contributed by atoms with Crippen molar-refractivity contribution in [3.05, 3.63) is 59.7 Å². The predicted octanol–water partition coefficient (Wildman–Crippen LogP) is 3.90. The predicted molar refractivity (Wildman–Crippen MR) is 107 cm³/mol.